The van der Waals surface area contributed by atoms with E-state index in [-0.39, 0.29) is 6.61 Å². The summed E-state index contributed by atoms with van der Waals surface area (Å²) in [6.07, 6.45) is 1.00. The van der Waals surface area contributed by atoms with Crippen molar-refractivity contribution in [3.05, 3.63) is 41.6 Å². The number of aryl methyl sites for hydroxylation is 1. The molecule has 0 bridgehead atoms. The number of aliphatic hydroxyl groups is 1. The molecule has 2 aromatic rings. The Bertz CT molecular complexity index is 603. The first-order valence-electron chi connectivity index (χ1n) is 7.27. The summed E-state index contributed by atoms with van der Waals surface area (Å²) in [5, 5.41) is 14.4. The van der Waals surface area contributed by atoms with Crippen molar-refractivity contribution in [1.82, 2.24) is 9.78 Å². The zero-order valence-corrected chi connectivity index (χ0v) is 12.5. The van der Waals surface area contributed by atoms with Crippen LogP contribution in [0, 0.1) is 6.92 Å². The molecule has 1 N–H and O–H groups in total. The van der Waals surface area contributed by atoms with Crippen molar-refractivity contribution in [2.45, 2.75) is 26.0 Å². The average Bonchev–Trinajstić information content (AvgIpc) is 3.15. The predicted octanol–water partition coefficient (Wildman–Crippen LogP) is 1.90. The van der Waals surface area contributed by atoms with Gasteiger partial charge >= 0.3 is 0 Å². The molecule has 2 heterocycles. The van der Waals surface area contributed by atoms with Gasteiger partial charge in [0.15, 0.2) is 0 Å². The summed E-state index contributed by atoms with van der Waals surface area (Å²) in [5.41, 5.74) is 2.75. The van der Waals surface area contributed by atoms with Crippen molar-refractivity contribution in [2.24, 2.45) is 0 Å². The molecule has 1 fully saturated rings. The van der Waals surface area contributed by atoms with Crippen LogP contribution in [0.4, 0.5) is 5.82 Å². The van der Waals surface area contributed by atoms with E-state index >= 15 is 0 Å². The molecule has 112 valence electrons. The first-order valence-corrected chi connectivity index (χ1v) is 7.27. The van der Waals surface area contributed by atoms with E-state index in [2.05, 4.69) is 17.0 Å². The molecular weight excluding hydrogens is 266 g/mol. The second kappa shape index (κ2) is 5.87. The average molecular weight is 287 g/mol. The number of aromatic nitrogens is 2. The Morgan fingerprint density at radius 1 is 1.38 bits per heavy atom. The van der Waals surface area contributed by atoms with E-state index < -0.39 is 0 Å². The van der Waals surface area contributed by atoms with E-state index in [0.29, 0.717) is 6.04 Å². The molecule has 1 atom stereocenters. The summed E-state index contributed by atoms with van der Waals surface area (Å²) in [5.74, 6) is 0.955. The smallest absolute Gasteiger partial charge is 0.138 e. The van der Waals surface area contributed by atoms with Gasteiger partial charge < -0.3 is 14.7 Å². The second-order valence-corrected chi connectivity index (χ2v) is 5.42. The minimum Gasteiger partial charge on any atom is -0.391 e. The van der Waals surface area contributed by atoms with Crippen LogP contribution in [0.2, 0.25) is 0 Å². The summed E-state index contributed by atoms with van der Waals surface area (Å²) < 4.78 is 7.41. The van der Waals surface area contributed by atoms with E-state index in [1.54, 1.807) is 0 Å². The lowest BCUT2D eigenvalue weighted by atomic mass is 10.2. The van der Waals surface area contributed by atoms with Crippen molar-refractivity contribution >= 4 is 5.82 Å². The minimum absolute atomic E-state index is 0.00802. The highest BCUT2D eigenvalue weighted by Gasteiger charge is 2.27. The largest absolute Gasteiger partial charge is 0.391 e. The SMILES string of the molecule is Cc1nn(-c2ccccc2)c(N(C)C2CCOC2)c1CO. The number of rotatable bonds is 4. The summed E-state index contributed by atoms with van der Waals surface area (Å²) in [7, 11) is 2.05. The number of likely N-dealkylation sites (N-methyl/N-ethyl adjacent to an activating group) is 1. The van der Waals surface area contributed by atoms with Gasteiger partial charge in [-0.05, 0) is 25.5 Å². The molecule has 0 spiro atoms. The highest BCUT2D eigenvalue weighted by Crippen LogP contribution is 2.29. The summed E-state index contributed by atoms with van der Waals surface area (Å²) in [6, 6.07) is 10.3. The standard InChI is InChI=1S/C16H21N3O2/c1-12-15(10-20)16(18(2)14-8-9-21-11-14)19(17-12)13-6-4-3-5-7-13/h3-7,14,20H,8-11H2,1-2H3. The summed E-state index contributed by atoms with van der Waals surface area (Å²) in [4.78, 5) is 2.19. The number of ether oxygens (including phenoxy) is 1. The van der Waals surface area contributed by atoms with Gasteiger partial charge in [-0.1, -0.05) is 18.2 Å². The molecule has 1 aromatic carbocycles. The Morgan fingerprint density at radius 2 is 2.14 bits per heavy atom. The Morgan fingerprint density at radius 3 is 2.76 bits per heavy atom. The number of nitrogens with zero attached hydrogens (tertiary/aromatic N) is 3. The Kier molecular flexibility index (Phi) is 3.94. The molecule has 21 heavy (non-hydrogen) atoms. The first kappa shape index (κ1) is 14.1. The fourth-order valence-electron chi connectivity index (χ4n) is 2.84. The predicted molar refractivity (Wildman–Crippen MR) is 81.9 cm³/mol. The number of hydrogen-bond donors (Lipinski definition) is 1. The molecule has 0 aliphatic carbocycles. The van der Waals surface area contributed by atoms with Crippen molar-refractivity contribution in [3.8, 4) is 5.69 Å². The van der Waals surface area contributed by atoms with Crippen LogP contribution in [0.25, 0.3) is 5.69 Å². The third kappa shape index (κ3) is 2.54. The van der Waals surface area contributed by atoms with Crippen molar-refractivity contribution in [3.63, 3.8) is 0 Å². The zero-order chi connectivity index (χ0) is 14.8. The third-order valence-electron chi connectivity index (χ3n) is 4.10. The fraction of sp³-hybridized carbons (Fsp3) is 0.438. The minimum atomic E-state index is -0.00802. The Hall–Kier alpha value is -1.85. The molecule has 5 nitrogen and oxygen atoms in total. The van der Waals surface area contributed by atoms with E-state index in [0.717, 1.165) is 42.4 Å². The van der Waals surface area contributed by atoms with Gasteiger partial charge in [-0.15, -0.1) is 0 Å². The molecular formula is C16H21N3O2. The Balaban J connectivity index is 2.08. The molecule has 5 heteroatoms. The first-order chi connectivity index (χ1) is 10.2. The van der Waals surface area contributed by atoms with Gasteiger partial charge in [0.1, 0.15) is 5.82 Å². The maximum atomic E-state index is 9.74. The van der Waals surface area contributed by atoms with Gasteiger partial charge in [-0.2, -0.15) is 5.10 Å². The molecule has 0 radical (unpaired) electrons. The third-order valence-corrected chi connectivity index (χ3v) is 4.10. The van der Waals surface area contributed by atoms with Crippen molar-refractivity contribution in [2.75, 3.05) is 25.2 Å². The van der Waals surface area contributed by atoms with E-state index in [1.807, 2.05) is 41.9 Å². The molecule has 0 amide bonds. The molecule has 0 saturated carbocycles. The number of benzene rings is 1. The van der Waals surface area contributed by atoms with E-state index in [1.165, 1.54) is 0 Å². The van der Waals surface area contributed by atoms with Gasteiger partial charge in [0.25, 0.3) is 0 Å². The molecule has 1 saturated heterocycles. The number of aliphatic hydroxyl groups excluding tert-OH is 1. The van der Waals surface area contributed by atoms with E-state index in [9.17, 15) is 5.11 Å². The van der Waals surface area contributed by atoms with Crippen LogP contribution in [-0.4, -0.2) is 41.2 Å². The monoisotopic (exact) mass is 287 g/mol. The Labute approximate surface area is 124 Å². The topological polar surface area (TPSA) is 50.5 Å². The maximum Gasteiger partial charge on any atom is 0.138 e. The lowest BCUT2D eigenvalue weighted by Crippen LogP contribution is -2.34. The second-order valence-electron chi connectivity index (χ2n) is 5.42. The summed E-state index contributed by atoms with van der Waals surface area (Å²) in [6.45, 7) is 3.45. The van der Waals surface area contributed by atoms with Crippen LogP contribution >= 0.6 is 0 Å². The van der Waals surface area contributed by atoms with Gasteiger partial charge in [0, 0.05) is 19.2 Å². The molecule has 1 aliphatic heterocycles. The highest BCUT2D eigenvalue weighted by atomic mass is 16.5. The van der Waals surface area contributed by atoms with Crippen LogP contribution in [-0.2, 0) is 11.3 Å². The number of hydrogen-bond acceptors (Lipinski definition) is 4. The normalized spacial score (nSPS) is 18.1. The maximum absolute atomic E-state index is 9.74. The molecule has 3 rings (SSSR count). The van der Waals surface area contributed by atoms with Crippen LogP contribution in [0.3, 0.4) is 0 Å². The van der Waals surface area contributed by atoms with Gasteiger partial charge in [-0.25, -0.2) is 4.68 Å². The number of anilines is 1. The van der Waals surface area contributed by atoms with Crippen LogP contribution in [0.5, 0.6) is 0 Å². The van der Waals surface area contributed by atoms with Gasteiger partial charge in [0.05, 0.1) is 30.6 Å². The lowest BCUT2D eigenvalue weighted by Gasteiger charge is -2.27. The van der Waals surface area contributed by atoms with Crippen LogP contribution in [0.15, 0.2) is 30.3 Å². The van der Waals surface area contributed by atoms with Crippen molar-refractivity contribution < 1.29 is 9.84 Å². The highest BCUT2D eigenvalue weighted by molar-refractivity contribution is 5.55. The van der Waals surface area contributed by atoms with Gasteiger partial charge in [0.2, 0.25) is 0 Å². The zero-order valence-electron chi connectivity index (χ0n) is 12.5. The lowest BCUT2D eigenvalue weighted by molar-refractivity contribution is 0.193. The quantitative estimate of drug-likeness (QED) is 0.933. The number of para-hydroxylation sites is 1. The van der Waals surface area contributed by atoms with Gasteiger partial charge in [-0.3, -0.25) is 0 Å². The molecule has 1 unspecified atom stereocenters. The van der Waals surface area contributed by atoms with E-state index in [4.69, 9.17) is 4.74 Å². The van der Waals surface area contributed by atoms with Crippen LogP contribution in [0.1, 0.15) is 17.7 Å². The van der Waals surface area contributed by atoms with Crippen LogP contribution < -0.4 is 4.90 Å². The fourth-order valence-corrected chi connectivity index (χ4v) is 2.84. The summed E-state index contributed by atoms with van der Waals surface area (Å²) >= 11 is 0. The van der Waals surface area contributed by atoms with Crippen molar-refractivity contribution in [1.29, 1.82) is 0 Å². The molecule has 1 aliphatic rings. The molecule has 1 aromatic heterocycles.